The molecule has 0 aliphatic carbocycles. The van der Waals surface area contributed by atoms with Crippen LogP contribution in [0.5, 0.6) is 0 Å². The maximum absolute atomic E-state index is 12.5. The lowest BCUT2D eigenvalue weighted by Gasteiger charge is -2.25. The van der Waals surface area contributed by atoms with Gasteiger partial charge >= 0.3 is 6.18 Å². The van der Waals surface area contributed by atoms with E-state index in [0.717, 1.165) is 6.42 Å². The molecule has 0 spiro atoms. The molecule has 1 aromatic rings. The first-order valence-electron chi connectivity index (χ1n) is 6.13. The highest BCUT2D eigenvalue weighted by atomic mass is 35.5. The van der Waals surface area contributed by atoms with E-state index >= 15 is 0 Å². The zero-order valence-electron chi connectivity index (χ0n) is 11.2. The van der Waals surface area contributed by atoms with Crippen LogP contribution in [-0.4, -0.2) is 29.2 Å². The summed E-state index contributed by atoms with van der Waals surface area (Å²) in [5, 5.41) is 0.217. The molecule has 0 N–H and O–H groups in total. The first-order chi connectivity index (χ1) is 8.78. The lowest BCUT2D eigenvalue weighted by atomic mass is 10.2. The Morgan fingerprint density at radius 3 is 2.32 bits per heavy atom. The van der Waals surface area contributed by atoms with Gasteiger partial charge in [-0.05, 0) is 20.3 Å². The molecule has 0 saturated carbocycles. The molecule has 108 valence electrons. The third-order valence-corrected chi connectivity index (χ3v) is 3.00. The highest BCUT2D eigenvalue weighted by Crippen LogP contribution is 2.27. The van der Waals surface area contributed by atoms with Crippen LogP contribution in [0.2, 0.25) is 5.15 Å². The molecule has 0 atom stereocenters. The van der Waals surface area contributed by atoms with Gasteiger partial charge in [-0.2, -0.15) is 13.2 Å². The third kappa shape index (κ3) is 4.53. The van der Waals surface area contributed by atoms with Crippen molar-refractivity contribution in [1.29, 1.82) is 0 Å². The van der Waals surface area contributed by atoms with E-state index in [1.54, 1.807) is 13.8 Å². The molecular formula is C12H17ClF3N3. The molecule has 0 unspecified atom stereocenters. The summed E-state index contributed by atoms with van der Waals surface area (Å²) in [6, 6.07) is 0. The molecule has 0 radical (unpaired) electrons. The van der Waals surface area contributed by atoms with E-state index in [0.29, 0.717) is 17.8 Å². The number of rotatable bonds is 5. The van der Waals surface area contributed by atoms with Crippen molar-refractivity contribution in [1.82, 2.24) is 9.97 Å². The van der Waals surface area contributed by atoms with E-state index in [1.807, 2.05) is 6.92 Å². The van der Waals surface area contributed by atoms with Crippen molar-refractivity contribution in [3.05, 3.63) is 16.5 Å². The number of alkyl halides is 3. The highest BCUT2D eigenvalue weighted by Gasteiger charge is 2.31. The van der Waals surface area contributed by atoms with Crippen LogP contribution in [0.25, 0.3) is 0 Å². The standard InChI is InChI=1S/C12H17ClF3N3/c1-4-6-9-17-10(13)8(3)11(18-9)19(5-2)7-12(14,15)16/h4-7H2,1-3H3. The van der Waals surface area contributed by atoms with E-state index in [9.17, 15) is 13.2 Å². The Morgan fingerprint density at radius 1 is 1.21 bits per heavy atom. The Kier molecular flexibility index (Phi) is 5.40. The fourth-order valence-electron chi connectivity index (χ4n) is 1.72. The summed E-state index contributed by atoms with van der Waals surface area (Å²) in [7, 11) is 0. The Bertz CT molecular complexity index is 435. The first kappa shape index (κ1) is 16.0. The van der Waals surface area contributed by atoms with Crippen molar-refractivity contribution in [2.24, 2.45) is 0 Å². The number of aromatic nitrogens is 2. The van der Waals surface area contributed by atoms with Crippen molar-refractivity contribution in [3.63, 3.8) is 0 Å². The first-order valence-corrected chi connectivity index (χ1v) is 6.51. The van der Waals surface area contributed by atoms with Gasteiger partial charge in [0.2, 0.25) is 0 Å². The van der Waals surface area contributed by atoms with E-state index in [4.69, 9.17) is 11.6 Å². The lowest BCUT2D eigenvalue weighted by molar-refractivity contribution is -0.119. The zero-order chi connectivity index (χ0) is 14.6. The van der Waals surface area contributed by atoms with Crippen LogP contribution >= 0.6 is 11.6 Å². The van der Waals surface area contributed by atoms with Crippen LogP contribution in [-0.2, 0) is 6.42 Å². The Hall–Kier alpha value is -1.04. The van der Waals surface area contributed by atoms with E-state index < -0.39 is 12.7 Å². The maximum Gasteiger partial charge on any atom is 0.405 e. The summed E-state index contributed by atoms with van der Waals surface area (Å²) in [5.41, 5.74) is 0.479. The molecule has 0 aliphatic heterocycles. The Morgan fingerprint density at radius 2 is 1.84 bits per heavy atom. The molecule has 0 saturated heterocycles. The molecule has 19 heavy (non-hydrogen) atoms. The second kappa shape index (κ2) is 6.41. The minimum absolute atomic E-state index is 0.208. The topological polar surface area (TPSA) is 29.0 Å². The minimum Gasteiger partial charge on any atom is -0.347 e. The number of nitrogens with zero attached hydrogens (tertiary/aromatic N) is 3. The second-order valence-corrected chi connectivity index (χ2v) is 4.62. The monoisotopic (exact) mass is 295 g/mol. The van der Waals surface area contributed by atoms with Crippen LogP contribution in [0.4, 0.5) is 19.0 Å². The summed E-state index contributed by atoms with van der Waals surface area (Å²) in [6.07, 6.45) is -2.87. The summed E-state index contributed by atoms with van der Waals surface area (Å²) in [5.74, 6) is 0.747. The van der Waals surface area contributed by atoms with Crippen LogP contribution in [0, 0.1) is 6.92 Å². The van der Waals surface area contributed by atoms with E-state index in [1.165, 1.54) is 4.90 Å². The number of hydrogen-bond acceptors (Lipinski definition) is 3. The SMILES string of the molecule is CCCc1nc(Cl)c(C)c(N(CC)CC(F)(F)F)n1. The van der Waals surface area contributed by atoms with Crippen molar-refractivity contribution in [3.8, 4) is 0 Å². The van der Waals surface area contributed by atoms with Crippen LogP contribution in [0.15, 0.2) is 0 Å². The van der Waals surface area contributed by atoms with Gasteiger partial charge in [-0.3, -0.25) is 0 Å². The molecule has 0 aliphatic rings. The van der Waals surface area contributed by atoms with Crippen LogP contribution < -0.4 is 4.90 Å². The summed E-state index contributed by atoms with van der Waals surface area (Å²) >= 11 is 5.97. The normalized spacial score (nSPS) is 11.7. The average Bonchev–Trinajstić information content (AvgIpc) is 2.30. The molecule has 7 heteroatoms. The van der Waals surface area contributed by atoms with Gasteiger partial charge < -0.3 is 4.90 Å². The van der Waals surface area contributed by atoms with Gasteiger partial charge in [-0.25, -0.2) is 9.97 Å². The molecule has 0 aromatic carbocycles. The van der Waals surface area contributed by atoms with Crippen LogP contribution in [0.3, 0.4) is 0 Å². The van der Waals surface area contributed by atoms with E-state index in [2.05, 4.69) is 9.97 Å². The second-order valence-electron chi connectivity index (χ2n) is 4.26. The van der Waals surface area contributed by atoms with Crippen molar-refractivity contribution < 1.29 is 13.2 Å². The average molecular weight is 296 g/mol. The molecule has 1 heterocycles. The van der Waals surface area contributed by atoms with Crippen molar-refractivity contribution in [2.75, 3.05) is 18.0 Å². The molecule has 1 rings (SSSR count). The summed E-state index contributed by atoms with van der Waals surface area (Å²) < 4.78 is 37.6. The number of halogens is 4. The quantitative estimate of drug-likeness (QED) is 0.774. The summed E-state index contributed by atoms with van der Waals surface area (Å²) in [6.45, 7) is 4.40. The Labute approximate surface area is 115 Å². The van der Waals surface area contributed by atoms with Gasteiger partial charge in [0, 0.05) is 18.5 Å². The van der Waals surface area contributed by atoms with Crippen molar-refractivity contribution in [2.45, 2.75) is 39.8 Å². The molecule has 0 amide bonds. The highest BCUT2D eigenvalue weighted by molar-refractivity contribution is 6.30. The number of aryl methyl sites for hydroxylation is 1. The van der Waals surface area contributed by atoms with Gasteiger partial charge in [0.05, 0.1) is 0 Å². The molecule has 1 aromatic heterocycles. The molecular weight excluding hydrogens is 279 g/mol. The Balaban J connectivity index is 3.14. The van der Waals surface area contributed by atoms with Gasteiger partial charge in [0.25, 0.3) is 0 Å². The number of anilines is 1. The lowest BCUT2D eigenvalue weighted by Crippen LogP contribution is -2.35. The predicted molar refractivity (Wildman–Crippen MR) is 69.7 cm³/mol. The number of hydrogen-bond donors (Lipinski definition) is 0. The molecule has 0 bridgehead atoms. The van der Waals surface area contributed by atoms with Crippen molar-refractivity contribution >= 4 is 17.4 Å². The maximum atomic E-state index is 12.5. The fraction of sp³-hybridized carbons (Fsp3) is 0.667. The third-order valence-electron chi connectivity index (χ3n) is 2.63. The minimum atomic E-state index is -4.27. The fourth-order valence-corrected chi connectivity index (χ4v) is 1.90. The van der Waals surface area contributed by atoms with Gasteiger partial charge in [-0.1, -0.05) is 18.5 Å². The summed E-state index contributed by atoms with van der Waals surface area (Å²) in [4.78, 5) is 9.46. The zero-order valence-corrected chi connectivity index (χ0v) is 11.9. The molecule has 3 nitrogen and oxygen atoms in total. The smallest absolute Gasteiger partial charge is 0.347 e. The largest absolute Gasteiger partial charge is 0.405 e. The van der Waals surface area contributed by atoms with Crippen LogP contribution in [0.1, 0.15) is 31.7 Å². The van der Waals surface area contributed by atoms with Gasteiger partial charge in [-0.15, -0.1) is 0 Å². The van der Waals surface area contributed by atoms with Gasteiger partial charge in [0.1, 0.15) is 23.3 Å². The van der Waals surface area contributed by atoms with Gasteiger partial charge in [0.15, 0.2) is 0 Å². The molecule has 0 fully saturated rings. The predicted octanol–water partition coefficient (Wildman–Crippen LogP) is 3.78. The van der Waals surface area contributed by atoms with E-state index in [-0.39, 0.29) is 17.5 Å².